The molecule has 1 aromatic heterocycles. The summed E-state index contributed by atoms with van der Waals surface area (Å²) in [5, 5.41) is 0. The SMILES string of the molecule is CC(C)(C)c1ccc(N2CCOCC2)nc1. The maximum atomic E-state index is 5.33. The molecule has 1 saturated heterocycles. The number of nitrogens with zero attached hydrogens (tertiary/aromatic N) is 2. The first kappa shape index (κ1) is 11.4. The van der Waals surface area contributed by atoms with Gasteiger partial charge in [-0.05, 0) is 17.0 Å². The average Bonchev–Trinajstić information content (AvgIpc) is 2.29. The van der Waals surface area contributed by atoms with Crippen molar-refractivity contribution in [1.82, 2.24) is 4.98 Å². The predicted octanol–water partition coefficient (Wildman–Crippen LogP) is 2.22. The summed E-state index contributed by atoms with van der Waals surface area (Å²) < 4.78 is 5.33. The van der Waals surface area contributed by atoms with E-state index in [9.17, 15) is 0 Å². The third-order valence-corrected chi connectivity index (χ3v) is 2.95. The molecule has 3 nitrogen and oxygen atoms in total. The zero-order chi connectivity index (χ0) is 11.6. The molecule has 2 heterocycles. The number of morpholine rings is 1. The topological polar surface area (TPSA) is 25.4 Å². The Morgan fingerprint density at radius 2 is 1.88 bits per heavy atom. The fourth-order valence-corrected chi connectivity index (χ4v) is 1.81. The summed E-state index contributed by atoms with van der Waals surface area (Å²) in [7, 11) is 0. The molecule has 0 amide bonds. The minimum absolute atomic E-state index is 0.177. The van der Waals surface area contributed by atoms with E-state index in [1.54, 1.807) is 0 Å². The Bertz CT molecular complexity index is 334. The molecule has 0 unspecified atom stereocenters. The molecule has 0 spiro atoms. The summed E-state index contributed by atoms with van der Waals surface area (Å²) in [6, 6.07) is 4.30. The molecule has 0 aromatic carbocycles. The minimum Gasteiger partial charge on any atom is -0.378 e. The van der Waals surface area contributed by atoms with Gasteiger partial charge in [-0.1, -0.05) is 26.8 Å². The Morgan fingerprint density at radius 1 is 1.19 bits per heavy atom. The molecule has 0 atom stereocenters. The van der Waals surface area contributed by atoms with Crippen LogP contribution >= 0.6 is 0 Å². The summed E-state index contributed by atoms with van der Waals surface area (Å²) in [5.41, 5.74) is 1.46. The third-order valence-electron chi connectivity index (χ3n) is 2.95. The first-order chi connectivity index (χ1) is 7.57. The first-order valence-corrected chi connectivity index (χ1v) is 5.86. The van der Waals surface area contributed by atoms with Crippen LogP contribution in [-0.2, 0) is 10.2 Å². The van der Waals surface area contributed by atoms with Gasteiger partial charge >= 0.3 is 0 Å². The van der Waals surface area contributed by atoms with Crippen molar-refractivity contribution in [1.29, 1.82) is 0 Å². The lowest BCUT2D eigenvalue weighted by Crippen LogP contribution is -2.36. The molecule has 0 saturated carbocycles. The highest BCUT2D eigenvalue weighted by Crippen LogP contribution is 2.23. The molecule has 1 aromatic rings. The highest BCUT2D eigenvalue weighted by molar-refractivity contribution is 5.40. The first-order valence-electron chi connectivity index (χ1n) is 5.86. The van der Waals surface area contributed by atoms with Crippen molar-refractivity contribution < 1.29 is 4.74 Å². The highest BCUT2D eigenvalue weighted by atomic mass is 16.5. The van der Waals surface area contributed by atoms with Crippen LogP contribution in [0.1, 0.15) is 26.3 Å². The monoisotopic (exact) mass is 220 g/mol. The molecular formula is C13H20N2O. The van der Waals surface area contributed by atoms with Gasteiger partial charge in [0.1, 0.15) is 5.82 Å². The molecule has 1 fully saturated rings. The molecule has 0 bridgehead atoms. The third kappa shape index (κ3) is 2.53. The van der Waals surface area contributed by atoms with Crippen molar-refractivity contribution in [2.45, 2.75) is 26.2 Å². The van der Waals surface area contributed by atoms with E-state index < -0.39 is 0 Å². The van der Waals surface area contributed by atoms with E-state index in [1.165, 1.54) is 5.56 Å². The second kappa shape index (κ2) is 4.42. The van der Waals surface area contributed by atoms with E-state index in [0.717, 1.165) is 32.1 Å². The van der Waals surface area contributed by atoms with E-state index in [2.05, 4.69) is 42.8 Å². The summed E-state index contributed by atoms with van der Waals surface area (Å²) >= 11 is 0. The van der Waals surface area contributed by atoms with Gasteiger partial charge in [-0.2, -0.15) is 0 Å². The molecule has 1 aliphatic rings. The second-order valence-electron chi connectivity index (χ2n) is 5.25. The van der Waals surface area contributed by atoms with Crippen molar-refractivity contribution in [3.05, 3.63) is 23.9 Å². The lowest BCUT2D eigenvalue weighted by atomic mass is 9.88. The van der Waals surface area contributed by atoms with Crippen molar-refractivity contribution in [3.63, 3.8) is 0 Å². The van der Waals surface area contributed by atoms with Crippen molar-refractivity contribution >= 4 is 5.82 Å². The van der Waals surface area contributed by atoms with E-state index >= 15 is 0 Å². The van der Waals surface area contributed by atoms with Crippen molar-refractivity contribution in [3.8, 4) is 0 Å². The van der Waals surface area contributed by atoms with Crippen LogP contribution in [0.15, 0.2) is 18.3 Å². The number of anilines is 1. The number of hydrogen-bond donors (Lipinski definition) is 0. The van der Waals surface area contributed by atoms with Gasteiger partial charge in [0.2, 0.25) is 0 Å². The number of hydrogen-bond acceptors (Lipinski definition) is 3. The van der Waals surface area contributed by atoms with Gasteiger partial charge in [-0.15, -0.1) is 0 Å². The average molecular weight is 220 g/mol. The van der Waals surface area contributed by atoms with Crippen LogP contribution in [0.5, 0.6) is 0 Å². The number of pyridine rings is 1. The van der Waals surface area contributed by atoms with Gasteiger partial charge in [-0.25, -0.2) is 4.98 Å². The largest absolute Gasteiger partial charge is 0.378 e. The van der Waals surface area contributed by atoms with Gasteiger partial charge in [0.05, 0.1) is 13.2 Å². The number of rotatable bonds is 1. The molecule has 2 rings (SSSR count). The van der Waals surface area contributed by atoms with Gasteiger partial charge in [0, 0.05) is 19.3 Å². The van der Waals surface area contributed by atoms with Crippen LogP contribution in [0.4, 0.5) is 5.82 Å². The van der Waals surface area contributed by atoms with Gasteiger partial charge in [0.15, 0.2) is 0 Å². The maximum absolute atomic E-state index is 5.33. The zero-order valence-corrected chi connectivity index (χ0v) is 10.4. The highest BCUT2D eigenvalue weighted by Gasteiger charge is 2.16. The lowest BCUT2D eigenvalue weighted by molar-refractivity contribution is 0.122. The summed E-state index contributed by atoms with van der Waals surface area (Å²) in [5.74, 6) is 1.07. The number of ether oxygens (including phenoxy) is 1. The fraction of sp³-hybridized carbons (Fsp3) is 0.615. The molecule has 88 valence electrons. The molecule has 0 aliphatic carbocycles. The van der Waals surface area contributed by atoms with Crippen LogP contribution in [-0.4, -0.2) is 31.3 Å². The fourth-order valence-electron chi connectivity index (χ4n) is 1.81. The van der Waals surface area contributed by atoms with Crippen LogP contribution in [0.25, 0.3) is 0 Å². The van der Waals surface area contributed by atoms with Gasteiger partial charge < -0.3 is 9.64 Å². The zero-order valence-electron chi connectivity index (χ0n) is 10.4. The Morgan fingerprint density at radius 3 is 2.38 bits per heavy atom. The van der Waals surface area contributed by atoms with Crippen molar-refractivity contribution in [2.75, 3.05) is 31.2 Å². The quantitative estimate of drug-likeness (QED) is 0.725. The van der Waals surface area contributed by atoms with Gasteiger partial charge in [0.25, 0.3) is 0 Å². The Labute approximate surface area is 97.4 Å². The molecular weight excluding hydrogens is 200 g/mol. The van der Waals surface area contributed by atoms with E-state index in [1.807, 2.05) is 6.20 Å². The van der Waals surface area contributed by atoms with E-state index in [-0.39, 0.29) is 5.41 Å². The molecule has 16 heavy (non-hydrogen) atoms. The Hall–Kier alpha value is -1.09. The van der Waals surface area contributed by atoms with Gasteiger partial charge in [-0.3, -0.25) is 0 Å². The molecule has 0 N–H and O–H groups in total. The Balaban J connectivity index is 2.12. The van der Waals surface area contributed by atoms with Crippen LogP contribution in [0.3, 0.4) is 0 Å². The number of aromatic nitrogens is 1. The minimum atomic E-state index is 0.177. The Kier molecular flexibility index (Phi) is 3.15. The predicted molar refractivity (Wildman–Crippen MR) is 66.0 cm³/mol. The van der Waals surface area contributed by atoms with Crippen LogP contribution in [0.2, 0.25) is 0 Å². The smallest absolute Gasteiger partial charge is 0.128 e. The molecule has 1 aliphatic heterocycles. The van der Waals surface area contributed by atoms with Crippen LogP contribution < -0.4 is 4.90 Å². The summed E-state index contributed by atoms with van der Waals surface area (Å²) in [4.78, 5) is 6.81. The molecule has 3 heteroatoms. The summed E-state index contributed by atoms with van der Waals surface area (Å²) in [6.45, 7) is 10.1. The van der Waals surface area contributed by atoms with Crippen LogP contribution in [0, 0.1) is 0 Å². The van der Waals surface area contributed by atoms with E-state index in [4.69, 9.17) is 4.74 Å². The lowest BCUT2D eigenvalue weighted by Gasteiger charge is -2.28. The molecule has 0 radical (unpaired) electrons. The second-order valence-corrected chi connectivity index (χ2v) is 5.25. The van der Waals surface area contributed by atoms with Crippen molar-refractivity contribution in [2.24, 2.45) is 0 Å². The maximum Gasteiger partial charge on any atom is 0.128 e. The summed E-state index contributed by atoms with van der Waals surface area (Å²) in [6.07, 6.45) is 1.99. The standard InChI is InChI=1S/C13H20N2O/c1-13(2,3)11-4-5-12(14-10-11)15-6-8-16-9-7-15/h4-5,10H,6-9H2,1-3H3. The normalized spacial score (nSPS) is 17.6. The van der Waals surface area contributed by atoms with E-state index in [0.29, 0.717) is 0 Å².